The van der Waals surface area contributed by atoms with E-state index in [9.17, 15) is 4.79 Å². The molecule has 1 aromatic carbocycles. The van der Waals surface area contributed by atoms with Gasteiger partial charge in [-0.1, -0.05) is 23.7 Å². The molecule has 2 saturated heterocycles. The highest BCUT2D eigenvalue weighted by Crippen LogP contribution is 2.26. The minimum Gasteiger partial charge on any atom is -0.464 e. The van der Waals surface area contributed by atoms with Crippen molar-refractivity contribution in [3.05, 3.63) is 34.9 Å². The maximum atomic E-state index is 11.6. The first kappa shape index (κ1) is 12.9. The first-order chi connectivity index (χ1) is 9.24. The van der Waals surface area contributed by atoms with Crippen molar-refractivity contribution in [2.24, 2.45) is 0 Å². The molecule has 0 bridgehead atoms. The van der Waals surface area contributed by atoms with Crippen LogP contribution in [0, 0.1) is 0 Å². The third-order valence-electron chi connectivity index (χ3n) is 3.69. The van der Waals surface area contributed by atoms with Crippen LogP contribution in [0.2, 0.25) is 5.02 Å². The molecule has 2 atom stereocenters. The predicted molar refractivity (Wildman–Crippen MR) is 71.1 cm³/mol. The molecule has 2 fully saturated rings. The van der Waals surface area contributed by atoms with Gasteiger partial charge in [0.15, 0.2) is 0 Å². The van der Waals surface area contributed by atoms with Crippen LogP contribution in [0.3, 0.4) is 0 Å². The zero-order chi connectivity index (χ0) is 13.2. The molecule has 102 valence electrons. The molecule has 0 radical (unpaired) electrons. The molecule has 2 aliphatic heterocycles. The Morgan fingerprint density at radius 2 is 2.00 bits per heavy atom. The van der Waals surface area contributed by atoms with Gasteiger partial charge in [-0.15, -0.1) is 0 Å². The van der Waals surface area contributed by atoms with Crippen LogP contribution in [0.4, 0.5) is 0 Å². The fraction of sp³-hybridized carbons (Fsp3) is 0.500. The van der Waals surface area contributed by atoms with E-state index < -0.39 is 0 Å². The average Bonchev–Trinajstić information content (AvgIpc) is 2.86. The minimum absolute atomic E-state index is 0.000540. The zero-order valence-electron chi connectivity index (χ0n) is 10.5. The molecule has 1 aromatic rings. The van der Waals surface area contributed by atoms with E-state index in [1.165, 1.54) is 0 Å². The van der Waals surface area contributed by atoms with Crippen LogP contribution in [-0.2, 0) is 14.3 Å². The largest absolute Gasteiger partial charge is 0.464 e. The number of cyclic esters (lactones) is 1. The molecule has 2 heterocycles. The number of carbonyl (C=O) groups excluding carboxylic acids is 1. The Morgan fingerprint density at radius 1 is 1.21 bits per heavy atom. The number of rotatable bonds is 2. The number of halogens is 1. The van der Waals surface area contributed by atoms with Crippen LogP contribution in [0.25, 0.3) is 0 Å². The summed E-state index contributed by atoms with van der Waals surface area (Å²) in [5, 5.41) is 0.718. The lowest BCUT2D eigenvalue weighted by molar-refractivity contribution is -0.144. The Morgan fingerprint density at radius 3 is 2.68 bits per heavy atom. The van der Waals surface area contributed by atoms with E-state index in [2.05, 4.69) is 4.90 Å². The summed E-state index contributed by atoms with van der Waals surface area (Å²) in [5.41, 5.74) is 1.10. The van der Waals surface area contributed by atoms with Gasteiger partial charge in [-0.2, -0.15) is 0 Å². The van der Waals surface area contributed by atoms with Crippen LogP contribution < -0.4 is 0 Å². The average molecular weight is 282 g/mol. The van der Waals surface area contributed by atoms with E-state index in [4.69, 9.17) is 21.1 Å². The molecule has 0 aromatic heterocycles. The highest BCUT2D eigenvalue weighted by molar-refractivity contribution is 6.30. The molecular formula is C14H16ClNO3. The molecule has 4 nitrogen and oxygen atoms in total. The number of hydrogen-bond donors (Lipinski definition) is 0. The zero-order valence-corrected chi connectivity index (χ0v) is 11.3. The fourth-order valence-electron chi connectivity index (χ4n) is 2.65. The lowest BCUT2D eigenvalue weighted by atomic mass is 10.1. The Labute approximate surface area is 117 Å². The first-order valence-electron chi connectivity index (χ1n) is 6.52. The summed E-state index contributed by atoms with van der Waals surface area (Å²) in [6, 6.07) is 7.58. The standard InChI is InChI=1S/C14H16ClNO3/c15-11-3-1-10(2-4-11)13-9-16(6-8-18-13)12-5-7-19-14(12)17/h1-4,12-13H,5-9H2/t12-,13+/m1/s1. The van der Waals surface area contributed by atoms with Crippen LogP contribution in [0.15, 0.2) is 24.3 Å². The monoisotopic (exact) mass is 281 g/mol. The molecule has 2 aliphatic rings. The second-order valence-electron chi connectivity index (χ2n) is 4.88. The Kier molecular flexibility index (Phi) is 3.73. The number of hydrogen-bond acceptors (Lipinski definition) is 4. The Bertz CT molecular complexity index is 462. The minimum atomic E-state index is -0.100. The van der Waals surface area contributed by atoms with Crippen LogP contribution in [0.1, 0.15) is 18.1 Å². The van der Waals surface area contributed by atoms with Gasteiger partial charge in [0.2, 0.25) is 0 Å². The van der Waals surface area contributed by atoms with Gasteiger partial charge in [0.1, 0.15) is 6.04 Å². The normalized spacial score (nSPS) is 28.4. The predicted octanol–water partition coefficient (Wildman–Crippen LogP) is 2.03. The molecule has 19 heavy (non-hydrogen) atoms. The van der Waals surface area contributed by atoms with Gasteiger partial charge in [-0.3, -0.25) is 9.69 Å². The van der Waals surface area contributed by atoms with Crippen molar-refractivity contribution in [2.75, 3.05) is 26.3 Å². The summed E-state index contributed by atoms with van der Waals surface area (Å²) >= 11 is 5.89. The number of carbonyl (C=O) groups is 1. The highest BCUT2D eigenvalue weighted by Gasteiger charge is 2.35. The topological polar surface area (TPSA) is 38.8 Å². The van der Waals surface area contributed by atoms with Gasteiger partial charge < -0.3 is 9.47 Å². The summed E-state index contributed by atoms with van der Waals surface area (Å²) in [4.78, 5) is 13.8. The van der Waals surface area contributed by atoms with Gasteiger partial charge in [0.05, 0.1) is 19.3 Å². The molecule has 0 spiro atoms. The van der Waals surface area contributed by atoms with Crippen molar-refractivity contribution in [2.45, 2.75) is 18.6 Å². The van der Waals surface area contributed by atoms with Gasteiger partial charge in [0, 0.05) is 24.5 Å². The highest BCUT2D eigenvalue weighted by atomic mass is 35.5. The SMILES string of the molecule is O=C1OCC[C@H]1N1CCO[C@H](c2ccc(Cl)cc2)C1. The molecule has 5 heteroatoms. The Balaban J connectivity index is 1.71. The summed E-state index contributed by atoms with van der Waals surface area (Å²) in [5.74, 6) is -0.100. The molecular weight excluding hydrogens is 266 g/mol. The summed E-state index contributed by atoms with van der Waals surface area (Å²) in [6.07, 6.45) is 0.783. The number of morpholine rings is 1. The van der Waals surface area contributed by atoms with Gasteiger partial charge in [-0.05, 0) is 17.7 Å². The van der Waals surface area contributed by atoms with Crippen molar-refractivity contribution >= 4 is 17.6 Å². The van der Waals surface area contributed by atoms with Crippen LogP contribution in [0.5, 0.6) is 0 Å². The van der Waals surface area contributed by atoms with E-state index in [0.29, 0.717) is 13.2 Å². The summed E-state index contributed by atoms with van der Waals surface area (Å²) in [7, 11) is 0. The maximum Gasteiger partial charge on any atom is 0.323 e. The second kappa shape index (κ2) is 5.49. The van der Waals surface area contributed by atoms with E-state index in [1.54, 1.807) is 0 Å². The first-order valence-corrected chi connectivity index (χ1v) is 6.89. The van der Waals surface area contributed by atoms with Crippen molar-refractivity contribution in [1.82, 2.24) is 4.90 Å². The van der Waals surface area contributed by atoms with Crippen molar-refractivity contribution < 1.29 is 14.3 Å². The smallest absolute Gasteiger partial charge is 0.323 e. The molecule has 3 rings (SSSR count). The number of esters is 1. The Hall–Kier alpha value is -1.10. The quantitative estimate of drug-likeness (QED) is 0.778. The van der Waals surface area contributed by atoms with Gasteiger partial charge in [-0.25, -0.2) is 0 Å². The van der Waals surface area contributed by atoms with Crippen molar-refractivity contribution in [1.29, 1.82) is 0 Å². The number of ether oxygens (including phenoxy) is 2. The molecule has 0 N–H and O–H groups in total. The molecule has 0 amide bonds. The number of nitrogens with zero attached hydrogens (tertiary/aromatic N) is 1. The van der Waals surface area contributed by atoms with E-state index in [0.717, 1.165) is 30.1 Å². The second-order valence-corrected chi connectivity index (χ2v) is 5.31. The lowest BCUT2D eigenvalue weighted by Crippen LogP contribution is -2.46. The van der Waals surface area contributed by atoms with Gasteiger partial charge >= 0.3 is 5.97 Å². The van der Waals surface area contributed by atoms with E-state index in [-0.39, 0.29) is 18.1 Å². The van der Waals surface area contributed by atoms with Gasteiger partial charge in [0.25, 0.3) is 0 Å². The van der Waals surface area contributed by atoms with Crippen molar-refractivity contribution in [3.8, 4) is 0 Å². The molecule has 0 aliphatic carbocycles. The van der Waals surface area contributed by atoms with E-state index >= 15 is 0 Å². The fourth-order valence-corrected chi connectivity index (χ4v) is 2.77. The van der Waals surface area contributed by atoms with Crippen LogP contribution >= 0.6 is 11.6 Å². The lowest BCUT2D eigenvalue weighted by Gasteiger charge is -2.35. The summed E-state index contributed by atoms with van der Waals surface area (Å²) in [6.45, 7) is 2.68. The van der Waals surface area contributed by atoms with Crippen LogP contribution in [-0.4, -0.2) is 43.2 Å². The maximum absolute atomic E-state index is 11.6. The molecule has 0 unspecified atom stereocenters. The number of benzene rings is 1. The van der Waals surface area contributed by atoms with E-state index in [1.807, 2.05) is 24.3 Å². The molecule has 0 saturated carbocycles. The third kappa shape index (κ3) is 2.76. The summed E-state index contributed by atoms with van der Waals surface area (Å²) < 4.78 is 10.8. The van der Waals surface area contributed by atoms with Crippen molar-refractivity contribution in [3.63, 3.8) is 0 Å². The third-order valence-corrected chi connectivity index (χ3v) is 3.94.